The highest BCUT2D eigenvalue weighted by molar-refractivity contribution is 6.34. The second kappa shape index (κ2) is 12.2. The molecule has 0 saturated carbocycles. The number of aromatic nitrogens is 1. The first kappa shape index (κ1) is 29.7. The molecule has 1 aliphatic heterocycles. The molecule has 0 fully saturated rings. The van der Waals surface area contributed by atoms with Crippen molar-refractivity contribution in [2.45, 2.75) is 13.0 Å². The normalized spacial score (nSPS) is 13.4. The molecule has 0 bridgehead atoms. The molecule has 1 aliphatic rings. The van der Waals surface area contributed by atoms with E-state index in [0.29, 0.717) is 5.75 Å². The average Bonchev–Trinajstić information content (AvgIpc) is 3.00. The van der Waals surface area contributed by atoms with E-state index < -0.39 is 34.9 Å². The molecule has 0 radical (unpaired) electrons. The molecule has 2 heterocycles. The minimum Gasteiger partial charge on any atom is -0.497 e. The van der Waals surface area contributed by atoms with Crippen LogP contribution in [-0.2, 0) is 6.61 Å². The lowest BCUT2D eigenvalue weighted by Crippen LogP contribution is -2.36. The number of fused-ring (bicyclic) bond motifs is 1. The highest BCUT2D eigenvalue weighted by Crippen LogP contribution is 2.45. The third-order valence-corrected chi connectivity index (χ3v) is 7.51. The molecule has 1 amide bonds. The Morgan fingerprint density at radius 1 is 1.16 bits per heavy atom. The lowest BCUT2D eigenvalue weighted by molar-refractivity contribution is -0.385. The minimum atomic E-state index is -1.22. The summed E-state index contributed by atoms with van der Waals surface area (Å²) in [6.07, 6.45) is -0.320. The largest absolute Gasteiger partial charge is 0.497 e. The van der Waals surface area contributed by atoms with Crippen LogP contribution in [0.25, 0.3) is 27.6 Å². The number of aliphatic hydroxyl groups is 1. The first-order chi connectivity index (χ1) is 20.6. The van der Waals surface area contributed by atoms with Gasteiger partial charge in [0.2, 0.25) is 0 Å². The Labute approximate surface area is 248 Å². The molecule has 0 saturated heterocycles. The highest BCUT2D eigenvalue weighted by atomic mass is 35.5. The van der Waals surface area contributed by atoms with Crippen LogP contribution < -0.4 is 9.47 Å². The fourth-order valence-corrected chi connectivity index (χ4v) is 5.41. The van der Waals surface area contributed by atoms with Crippen LogP contribution in [-0.4, -0.2) is 57.9 Å². The van der Waals surface area contributed by atoms with Gasteiger partial charge in [-0.25, -0.2) is 18.6 Å². The molecule has 0 aliphatic carbocycles. The number of hydrogen-bond acceptors (Lipinski definition) is 7. The van der Waals surface area contributed by atoms with Crippen molar-refractivity contribution in [3.8, 4) is 22.6 Å². The molecule has 13 heteroatoms. The smallest absolute Gasteiger partial charge is 0.407 e. The zero-order valence-electron chi connectivity index (χ0n) is 22.6. The summed E-state index contributed by atoms with van der Waals surface area (Å²) in [5, 5.41) is 31.1. The zero-order chi connectivity index (χ0) is 30.8. The number of nitro groups is 1. The number of nitrogens with zero attached hydrogens (tertiary/aromatic N) is 3. The highest BCUT2D eigenvalue weighted by Gasteiger charge is 2.31. The molecule has 4 aromatic rings. The summed E-state index contributed by atoms with van der Waals surface area (Å²) in [5.74, 6) is -1.21. The molecule has 0 atom stereocenters. The van der Waals surface area contributed by atoms with E-state index in [1.165, 1.54) is 25.3 Å². The predicted octanol–water partition coefficient (Wildman–Crippen LogP) is 6.46. The number of benzene rings is 3. The summed E-state index contributed by atoms with van der Waals surface area (Å²) < 4.78 is 42.7. The number of amides is 1. The Morgan fingerprint density at radius 2 is 1.91 bits per heavy atom. The summed E-state index contributed by atoms with van der Waals surface area (Å²) in [4.78, 5) is 27.9. The standard InChI is InChI=1S/C30H24ClF2N3O7/c1-42-18-7-5-16(6-8-18)15-43-24-4-2-3-22(32)27(24)26-21(31)11-20-25(23(36(40)41)12-34-29(20)28(26)33)19-9-10-35(30(38)39)13-17(19)14-37/h2-8,11-12,37H,9-10,13-15H2,1H3,(H,38,39). The molecule has 222 valence electrons. The summed E-state index contributed by atoms with van der Waals surface area (Å²) >= 11 is 6.59. The van der Waals surface area contributed by atoms with Gasteiger partial charge in [0.25, 0.3) is 5.69 Å². The summed E-state index contributed by atoms with van der Waals surface area (Å²) in [7, 11) is 1.53. The van der Waals surface area contributed by atoms with E-state index in [1.807, 2.05) is 0 Å². The third-order valence-electron chi connectivity index (χ3n) is 7.21. The maximum Gasteiger partial charge on any atom is 0.407 e. The topological polar surface area (TPSA) is 135 Å². The van der Waals surface area contributed by atoms with E-state index in [2.05, 4.69) is 4.98 Å². The van der Waals surface area contributed by atoms with Crippen molar-refractivity contribution in [1.82, 2.24) is 9.88 Å². The molecular weight excluding hydrogens is 588 g/mol. The summed E-state index contributed by atoms with van der Waals surface area (Å²) in [6, 6.07) is 12.2. The van der Waals surface area contributed by atoms with Gasteiger partial charge in [0.1, 0.15) is 35.6 Å². The van der Waals surface area contributed by atoms with Crippen molar-refractivity contribution in [1.29, 1.82) is 0 Å². The van der Waals surface area contributed by atoms with Gasteiger partial charge < -0.3 is 24.6 Å². The van der Waals surface area contributed by atoms with E-state index >= 15 is 8.78 Å². The van der Waals surface area contributed by atoms with Crippen molar-refractivity contribution in [2.24, 2.45) is 0 Å². The Hall–Kier alpha value is -4.81. The van der Waals surface area contributed by atoms with Crippen molar-refractivity contribution in [3.05, 3.63) is 98.2 Å². The quantitative estimate of drug-likeness (QED) is 0.171. The van der Waals surface area contributed by atoms with Gasteiger partial charge in [-0.1, -0.05) is 29.8 Å². The second-order valence-electron chi connectivity index (χ2n) is 9.66. The second-order valence-corrected chi connectivity index (χ2v) is 10.1. The number of pyridine rings is 1. The van der Waals surface area contributed by atoms with Gasteiger partial charge in [0.05, 0.1) is 34.8 Å². The van der Waals surface area contributed by atoms with Gasteiger partial charge >= 0.3 is 6.09 Å². The van der Waals surface area contributed by atoms with E-state index in [4.69, 9.17) is 21.1 Å². The molecule has 2 N–H and O–H groups in total. The number of methoxy groups -OCH3 is 1. The van der Waals surface area contributed by atoms with Gasteiger partial charge in [-0.3, -0.25) is 10.1 Å². The summed E-state index contributed by atoms with van der Waals surface area (Å²) in [6.45, 7) is -0.764. The molecular formula is C30H24ClF2N3O7. The first-order valence-corrected chi connectivity index (χ1v) is 13.3. The van der Waals surface area contributed by atoms with Crippen molar-refractivity contribution < 1.29 is 38.2 Å². The number of ether oxygens (including phenoxy) is 2. The van der Waals surface area contributed by atoms with Gasteiger partial charge in [0, 0.05) is 24.0 Å². The molecule has 10 nitrogen and oxygen atoms in total. The van der Waals surface area contributed by atoms with Crippen LogP contribution in [0.1, 0.15) is 17.5 Å². The first-order valence-electron chi connectivity index (χ1n) is 12.9. The van der Waals surface area contributed by atoms with Crippen LogP contribution in [0.5, 0.6) is 11.5 Å². The van der Waals surface area contributed by atoms with Crippen LogP contribution in [0.2, 0.25) is 5.02 Å². The number of hydrogen-bond donors (Lipinski definition) is 2. The maximum absolute atomic E-state index is 16.3. The van der Waals surface area contributed by atoms with Crippen LogP contribution in [0.4, 0.5) is 19.3 Å². The SMILES string of the molecule is COc1ccc(COc2cccc(F)c2-c2c(Cl)cc3c(C4=C(CO)CN(C(=O)O)CC4)c([N+](=O)[O-])cnc3c2F)cc1. The number of aliphatic hydroxyl groups excluding tert-OH is 1. The molecule has 0 unspecified atom stereocenters. The summed E-state index contributed by atoms with van der Waals surface area (Å²) in [5.41, 5.74) is -0.203. The molecule has 43 heavy (non-hydrogen) atoms. The maximum atomic E-state index is 16.3. The Bertz CT molecular complexity index is 1780. The van der Waals surface area contributed by atoms with E-state index in [0.717, 1.165) is 22.7 Å². The number of carbonyl (C=O) groups is 1. The van der Waals surface area contributed by atoms with E-state index in [9.17, 15) is 25.1 Å². The van der Waals surface area contributed by atoms with Crippen LogP contribution in [0.3, 0.4) is 0 Å². The monoisotopic (exact) mass is 611 g/mol. The van der Waals surface area contributed by atoms with Crippen LogP contribution >= 0.6 is 11.6 Å². The van der Waals surface area contributed by atoms with Crippen LogP contribution in [0, 0.1) is 21.7 Å². The average molecular weight is 612 g/mol. The van der Waals surface area contributed by atoms with Crippen LogP contribution in [0.15, 0.2) is 60.3 Å². The van der Waals surface area contributed by atoms with Gasteiger partial charge in [0.15, 0.2) is 5.82 Å². The number of halogens is 3. The van der Waals surface area contributed by atoms with Gasteiger partial charge in [-0.15, -0.1) is 0 Å². The van der Waals surface area contributed by atoms with Crippen molar-refractivity contribution in [2.75, 3.05) is 26.8 Å². The Balaban J connectivity index is 1.66. The van der Waals surface area contributed by atoms with Crippen molar-refractivity contribution >= 4 is 39.9 Å². The number of carboxylic acid groups (broad SMARTS) is 1. The molecule has 3 aromatic carbocycles. The van der Waals surface area contributed by atoms with Crippen molar-refractivity contribution in [3.63, 3.8) is 0 Å². The molecule has 5 rings (SSSR count). The Morgan fingerprint density at radius 3 is 2.56 bits per heavy atom. The van der Waals surface area contributed by atoms with Gasteiger partial charge in [-0.2, -0.15) is 0 Å². The minimum absolute atomic E-state index is 0.00409. The fraction of sp³-hybridized carbons (Fsp3) is 0.200. The third kappa shape index (κ3) is 5.66. The lowest BCUT2D eigenvalue weighted by atomic mass is 9.89. The number of rotatable bonds is 8. The zero-order valence-corrected chi connectivity index (χ0v) is 23.4. The molecule has 0 spiro atoms. The predicted molar refractivity (Wildman–Crippen MR) is 154 cm³/mol. The Kier molecular flexibility index (Phi) is 8.42. The molecule has 1 aromatic heterocycles. The van der Waals surface area contributed by atoms with E-state index in [1.54, 1.807) is 24.3 Å². The van der Waals surface area contributed by atoms with E-state index in [-0.39, 0.29) is 75.6 Å². The fourth-order valence-electron chi connectivity index (χ4n) is 5.13. The van der Waals surface area contributed by atoms with Gasteiger partial charge in [-0.05, 0) is 53.5 Å². The lowest BCUT2D eigenvalue weighted by Gasteiger charge is -2.28.